The van der Waals surface area contributed by atoms with Crippen molar-refractivity contribution in [3.8, 4) is 0 Å². The van der Waals surface area contributed by atoms with Gasteiger partial charge in [0.05, 0.1) is 11.0 Å². The maximum absolute atomic E-state index is 12.1. The highest BCUT2D eigenvalue weighted by Gasteiger charge is 2.44. The number of aromatic nitrogens is 3. The number of hydrogen-bond donors (Lipinski definition) is 2. The Morgan fingerprint density at radius 3 is 2.32 bits per heavy atom. The number of aliphatic carboxylic acids is 1. The van der Waals surface area contributed by atoms with Gasteiger partial charge in [-0.1, -0.05) is 0 Å². The second-order valence-corrected chi connectivity index (χ2v) is 5.60. The SMILES string of the molecule is CC(C(=O)NC(C)(C)C(C)(C)C(=O)O)n1cncn1. The molecule has 0 saturated carbocycles. The van der Waals surface area contributed by atoms with Crippen LogP contribution in [0, 0.1) is 5.41 Å². The van der Waals surface area contributed by atoms with Gasteiger partial charge in [0.1, 0.15) is 18.7 Å². The van der Waals surface area contributed by atoms with Crippen LogP contribution in [0.5, 0.6) is 0 Å². The van der Waals surface area contributed by atoms with E-state index in [2.05, 4.69) is 15.4 Å². The van der Waals surface area contributed by atoms with Crippen molar-refractivity contribution in [3.63, 3.8) is 0 Å². The molecule has 0 radical (unpaired) electrons. The van der Waals surface area contributed by atoms with Crippen molar-refractivity contribution in [2.24, 2.45) is 5.41 Å². The first kappa shape index (κ1) is 15.1. The molecule has 1 rings (SSSR count). The molecule has 1 amide bonds. The molecule has 0 aliphatic heterocycles. The number of nitrogens with one attached hydrogen (secondary N) is 1. The standard InChI is InChI=1S/C12H20N4O3/c1-8(16-7-13-6-14-16)9(17)15-12(4,5)11(2,3)10(18)19/h6-8H,1-5H3,(H,15,17)(H,18,19). The van der Waals surface area contributed by atoms with Crippen molar-refractivity contribution in [1.29, 1.82) is 0 Å². The van der Waals surface area contributed by atoms with Gasteiger partial charge in [-0.05, 0) is 34.6 Å². The molecule has 0 aliphatic carbocycles. The van der Waals surface area contributed by atoms with Gasteiger partial charge < -0.3 is 10.4 Å². The van der Waals surface area contributed by atoms with Crippen LogP contribution >= 0.6 is 0 Å². The number of nitrogens with zero attached hydrogens (tertiary/aromatic N) is 3. The quantitative estimate of drug-likeness (QED) is 0.825. The van der Waals surface area contributed by atoms with Gasteiger partial charge in [0.2, 0.25) is 5.91 Å². The Kier molecular flexibility index (Phi) is 3.97. The highest BCUT2D eigenvalue weighted by Crippen LogP contribution is 2.31. The molecule has 1 atom stereocenters. The molecule has 1 unspecified atom stereocenters. The Labute approximate surface area is 112 Å². The first-order chi connectivity index (χ1) is 8.59. The Balaban J connectivity index is 2.84. The van der Waals surface area contributed by atoms with Crippen LogP contribution < -0.4 is 5.32 Å². The Bertz CT molecular complexity index is 465. The molecule has 1 aromatic rings. The van der Waals surface area contributed by atoms with E-state index >= 15 is 0 Å². The lowest BCUT2D eigenvalue weighted by Gasteiger charge is -2.39. The van der Waals surface area contributed by atoms with Crippen molar-refractivity contribution >= 4 is 11.9 Å². The lowest BCUT2D eigenvalue weighted by Crippen LogP contribution is -2.58. The van der Waals surface area contributed by atoms with Crippen molar-refractivity contribution in [2.75, 3.05) is 0 Å². The molecule has 106 valence electrons. The van der Waals surface area contributed by atoms with E-state index in [9.17, 15) is 14.7 Å². The van der Waals surface area contributed by atoms with Gasteiger partial charge in [-0.2, -0.15) is 5.10 Å². The maximum Gasteiger partial charge on any atom is 0.311 e. The number of carboxylic acids is 1. The first-order valence-electron chi connectivity index (χ1n) is 5.99. The van der Waals surface area contributed by atoms with E-state index in [4.69, 9.17) is 0 Å². The summed E-state index contributed by atoms with van der Waals surface area (Å²) in [6.07, 6.45) is 2.79. The van der Waals surface area contributed by atoms with Crippen LogP contribution in [-0.4, -0.2) is 37.3 Å². The predicted octanol–water partition coefficient (Wildman–Crippen LogP) is 0.845. The molecule has 0 aromatic carbocycles. The van der Waals surface area contributed by atoms with E-state index in [1.165, 1.54) is 17.3 Å². The fraction of sp³-hybridized carbons (Fsp3) is 0.667. The molecule has 0 fully saturated rings. The number of carboxylic acid groups (broad SMARTS) is 1. The Morgan fingerprint density at radius 2 is 1.89 bits per heavy atom. The third kappa shape index (κ3) is 2.91. The number of carbonyl (C=O) groups excluding carboxylic acids is 1. The van der Waals surface area contributed by atoms with Gasteiger partial charge in [-0.25, -0.2) is 9.67 Å². The Hall–Kier alpha value is -1.92. The second-order valence-electron chi connectivity index (χ2n) is 5.60. The summed E-state index contributed by atoms with van der Waals surface area (Å²) in [6, 6.07) is -0.550. The van der Waals surface area contributed by atoms with Crippen molar-refractivity contribution in [2.45, 2.75) is 46.2 Å². The molecule has 0 aliphatic rings. The van der Waals surface area contributed by atoms with Crippen LogP contribution in [0.3, 0.4) is 0 Å². The number of amides is 1. The molecule has 1 heterocycles. The van der Waals surface area contributed by atoms with Crippen molar-refractivity contribution in [1.82, 2.24) is 20.1 Å². The summed E-state index contributed by atoms with van der Waals surface area (Å²) in [6.45, 7) is 8.21. The van der Waals surface area contributed by atoms with Crippen LogP contribution in [0.15, 0.2) is 12.7 Å². The summed E-state index contributed by atoms with van der Waals surface area (Å²) in [5.74, 6) is -1.27. The van der Waals surface area contributed by atoms with E-state index in [1.807, 2.05) is 0 Å². The maximum atomic E-state index is 12.1. The third-order valence-electron chi connectivity index (χ3n) is 3.75. The third-order valence-corrected chi connectivity index (χ3v) is 3.75. The molecular formula is C12H20N4O3. The first-order valence-corrected chi connectivity index (χ1v) is 5.99. The predicted molar refractivity (Wildman–Crippen MR) is 68.4 cm³/mol. The van der Waals surface area contributed by atoms with Gasteiger partial charge in [0, 0.05) is 0 Å². The molecule has 1 aromatic heterocycles. The lowest BCUT2D eigenvalue weighted by atomic mass is 9.74. The minimum Gasteiger partial charge on any atom is -0.481 e. The van der Waals surface area contributed by atoms with E-state index < -0.39 is 23.0 Å². The monoisotopic (exact) mass is 268 g/mol. The minimum atomic E-state index is -1.09. The zero-order chi connectivity index (χ0) is 14.8. The summed E-state index contributed by atoms with van der Waals surface area (Å²) >= 11 is 0. The number of hydrogen-bond acceptors (Lipinski definition) is 4. The number of rotatable bonds is 5. The van der Waals surface area contributed by atoms with Gasteiger partial charge in [0.25, 0.3) is 0 Å². The molecule has 7 nitrogen and oxygen atoms in total. The largest absolute Gasteiger partial charge is 0.481 e. The fourth-order valence-electron chi connectivity index (χ4n) is 1.37. The second kappa shape index (κ2) is 4.99. The highest BCUT2D eigenvalue weighted by atomic mass is 16.4. The van der Waals surface area contributed by atoms with Gasteiger partial charge in [-0.15, -0.1) is 0 Å². The summed E-state index contributed by atoms with van der Waals surface area (Å²) in [7, 11) is 0. The molecule has 0 bridgehead atoms. The fourth-order valence-corrected chi connectivity index (χ4v) is 1.37. The topological polar surface area (TPSA) is 97.1 Å². The van der Waals surface area contributed by atoms with E-state index in [0.29, 0.717) is 0 Å². The van der Waals surface area contributed by atoms with Gasteiger partial charge in [-0.3, -0.25) is 9.59 Å². The summed E-state index contributed by atoms with van der Waals surface area (Å²) in [4.78, 5) is 27.2. The van der Waals surface area contributed by atoms with Crippen molar-refractivity contribution in [3.05, 3.63) is 12.7 Å². The molecule has 0 spiro atoms. The summed E-state index contributed by atoms with van der Waals surface area (Å²) < 4.78 is 1.42. The van der Waals surface area contributed by atoms with E-state index in [-0.39, 0.29) is 5.91 Å². The lowest BCUT2D eigenvalue weighted by molar-refractivity contribution is -0.152. The van der Waals surface area contributed by atoms with Crippen molar-refractivity contribution < 1.29 is 14.7 Å². The molecule has 19 heavy (non-hydrogen) atoms. The molecule has 0 saturated heterocycles. The molecule has 7 heteroatoms. The van der Waals surface area contributed by atoms with Crippen LogP contribution in [0.1, 0.15) is 40.7 Å². The molecule has 2 N–H and O–H groups in total. The van der Waals surface area contributed by atoms with Gasteiger partial charge in [0.15, 0.2) is 0 Å². The van der Waals surface area contributed by atoms with Crippen LogP contribution in [0.2, 0.25) is 0 Å². The smallest absolute Gasteiger partial charge is 0.311 e. The van der Waals surface area contributed by atoms with Crippen LogP contribution in [-0.2, 0) is 9.59 Å². The average molecular weight is 268 g/mol. The van der Waals surface area contributed by atoms with Gasteiger partial charge >= 0.3 is 5.97 Å². The highest BCUT2D eigenvalue weighted by molar-refractivity contribution is 5.82. The molecular weight excluding hydrogens is 248 g/mol. The van der Waals surface area contributed by atoms with E-state index in [0.717, 1.165) is 0 Å². The summed E-state index contributed by atoms with van der Waals surface area (Å²) in [5, 5.41) is 15.9. The van der Waals surface area contributed by atoms with Crippen LogP contribution in [0.25, 0.3) is 0 Å². The van der Waals surface area contributed by atoms with Crippen LogP contribution in [0.4, 0.5) is 0 Å². The zero-order valence-electron chi connectivity index (χ0n) is 11.8. The Morgan fingerprint density at radius 1 is 1.32 bits per heavy atom. The summed E-state index contributed by atoms with van der Waals surface area (Å²) in [5.41, 5.74) is -1.99. The minimum absolute atomic E-state index is 0.301. The number of carbonyl (C=O) groups is 2. The zero-order valence-corrected chi connectivity index (χ0v) is 11.8. The van der Waals surface area contributed by atoms with E-state index in [1.54, 1.807) is 34.6 Å². The normalized spacial score (nSPS) is 13.9. The average Bonchev–Trinajstić information content (AvgIpc) is 2.80.